The fraction of sp³-hybridized carbons (Fsp3) is 0.200. The molecule has 0 heterocycles. The number of benzene rings is 2. The van der Waals surface area contributed by atoms with Crippen LogP contribution in [0.1, 0.15) is 23.2 Å². The molecule has 0 N–H and O–H groups in total. The van der Waals surface area contributed by atoms with E-state index in [0.29, 0.717) is 9.13 Å². The first-order valence-electron chi connectivity index (χ1n) is 9.29. The lowest BCUT2D eigenvalue weighted by Crippen LogP contribution is -2.27. The number of carbonyl (C=O) groups is 2. The highest BCUT2D eigenvalue weighted by molar-refractivity contribution is 14.1. The van der Waals surface area contributed by atoms with Crippen molar-refractivity contribution in [2.45, 2.75) is 23.8 Å². The summed E-state index contributed by atoms with van der Waals surface area (Å²) in [5.41, 5.74) is 0.357. The lowest BCUT2D eigenvalue weighted by molar-refractivity contribution is -0.138. The lowest BCUT2D eigenvalue weighted by Gasteiger charge is -2.22. The number of halogens is 7. The van der Waals surface area contributed by atoms with E-state index in [0.717, 1.165) is 7.14 Å². The van der Waals surface area contributed by atoms with E-state index in [9.17, 15) is 40.1 Å². The molecule has 0 amide bonds. The van der Waals surface area contributed by atoms with Crippen LogP contribution in [-0.4, -0.2) is 31.0 Å². The van der Waals surface area contributed by atoms with Crippen LogP contribution in [0.25, 0.3) is 0 Å². The molecule has 0 bridgehead atoms. The van der Waals surface area contributed by atoms with Crippen LogP contribution >= 0.6 is 67.8 Å². The Labute approximate surface area is 236 Å². The van der Waals surface area contributed by atoms with Crippen molar-refractivity contribution >= 4 is 89.8 Å². The molecule has 0 spiro atoms. The summed E-state index contributed by atoms with van der Waals surface area (Å²) >= 11 is 6.15. The van der Waals surface area contributed by atoms with E-state index in [2.05, 4.69) is 49.9 Å². The molecule has 2 unspecified atom stereocenters. The number of carbonyl (C=O) groups excluding carboxylic acids is 2. The van der Waals surface area contributed by atoms with Gasteiger partial charge in [0.15, 0.2) is 11.6 Å². The quantitative estimate of drug-likeness (QED) is 0.0788. The second-order valence-corrected chi connectivity index (χ2v) is 11.9. The molecule has 1 aliphatic rings. The number of ether oxygens (including phenoxy) is 2. The van der Waals surface area contributed by atoms with Crippen molar-refractivity contribution in [1.82, 2.24) is 0 Å². The summed E-state index contributed by atoms with van der Waals surface area (Å²) in [6.45, 7) is 0. The van der Waals surface area contributed by atoms with Crippen molar-refractivity contribution < 1.29 is 49.6 Å². The molecule has 0 fully saturated rings. The first-order chi connectivity index (χ1) is 16.2. The predicted molar refractivity (Wildman–Crippen MR) is 136 cm³/mol. The Bertz CT molecular complexity index is 1340. The van der Waals surface area contributed by atoms with Gasteiger partial charge < -0.3 is 14.0 Å². The van der Waals surface area contributed by atoms with Gasteiger partial charge in [0.25, 0.3) is 0 Å². The average Bonchev–Trinajstić information content (AvgIpc) is 2.77. The van der Waals surface area contributed by atoms with Crippen LogP contribution in [0, 0.1) is 39.9 Å². The van der Waals surface area contributed by atoms with E-state index >= 15 is 0 Å². The van der Waals surface area contributed by atoms with Crippen LogP contribution in [0.15, 0.2) is 29.2 Å². The van der Waals surface area contributed by atoms with Crippen LogP contribution in [0.2, 0.25) is 0 Å². The molecule has 0 radical (unpaired) electrons. The number of esters is 2. The second kappa shape index (κ2) is 11.1. The Morgan fingerprint density at radius 2 is 1.54 bits per heavy atom. The summed E-state index contributed by atoms with van der Waals surface area (Å²) in [6.07, 6.45) is 2.00. The first kappa shape index (κ1) is 28.5. The molecular formula is C20H10F4I3O7S-. The second-order valence-electron chi connectivity index (χ2n) is 7.05. The normalized spacial score (nSPS) is 17.8. The zero-order valence-electron chi connectivity index (χ0n) is 16.8. The Morgan fingerprint density at radius 3 is 2.06 bits per heavy atom. The fourth-order valence-corrected chi connectivity index (χ4v) is 6.07. The highest BCUT2D eigenvalue weighted by Gasteiger charge is 2.33. The maximum absolute atomic E-state index is 14.1. The third-order valence-electron chi connectivity index (χ3n) is 4.73. The number of hydrogen-bond donors (Lipinski definition) is 0. The molecule has 15 heteroatoms. The minimum Gasteiger partial charge on any atom is -0.744 e. The monoisotopic (exact) mass is 851 g/mol. The van der Waals surface area contributed by atoms with Gasteiger partial charge in [-0.05, 0) is 98.8 Å². The molecular weight excluding hydrogens is 841 g/mol. The third-order valence-corrected chi connectivity index (χ3v) is 9.26. The molecule has 35 heavy (non-hydrogen) atoms. The maximum Gasteiger partial charge on any atom is 0.339 e. The number of hydrogen-bond acceptors (Lipinski definition) is 7. The molecule has 7 nitrogen and oxygen atoms in total. The zero-order chi connectivity index (χ0) is 26.2. The van der Waals surface area contributed by atoms with Gasteiger partial charge in [-0.25, -0.2) is 22.0 Å². The van der Waals surface area contributed by atoms with Crippen LogP contribution in [-0.2, 0) is 19.6 Å². The molecule has 2 aromatic rings. The summed E-state index contributed by atoms with van der Waals surface area (Å²) in [6, 6.07) is 3.54. The summed E-state index contributed by atoms with van der Waals surface area (Å²) < 4.78 is 101. The van der Waals surface area contributed by atoms with E-state index in [1.807, 2.05) is 28.7 Å². The van der Waals surface area contributed by atoms with Crippen molar-refractivity contribution in [3.8, 4) is 5.75 Å². The van der Waals surface area contributed by atoms with E-state index in [1.54, 1.807) is 6.07 Å². The molecule has 0 saturated carbocycles. The predicted octanol–water partition coefficient (Wildman–Crippen LogP) is 5.06. The molecule has 0 aromatic heterocycles. The maximum atomic E-state index is 14.1. The minimum atomic E-state index is -5.89. The van der Waals surface area contributed by atoms with Gasteiger partial charge >= 0.3 is 11.9 Å². The number of rotatable bonds is 5. The van der Waals surface area contributed by atoms with Crippen LogP contribution in [0.4, 0.5) is 17.6 Å². The van der Waals surface area contributed by atoms with Gasteiger partial charge in [-0.1, -0.05) is 6.08 Å². The van der Waals surface area contributed by atoms with Crippen LogP contribution in [0.3, 0.4) is 0 Å². The lowest BCUT2D eigenvalue weighted by atomic mass is 9.94. The SMILES string of the molecule is O=C(OC1C=CC(C(=O)Oc2c(F)c(F)c(S(=O)(=O)[O-])c(F)c2F)CC1)c1cc(I)cc(I)c1I. The fourth-order valence-electron chi connectivity index (χ4n) is 3.07. The van der Waals surface area contributed by atoms with Crippen molar-refractivity contribution in [2.24, 2.45) is 5.92 Å². The largest absolute Gasteiger partial charge is 0.744 e. The van der Waals surface area contributed by atoms with Crippen molar-refractivity contribution in [3.05, 3.63) is 63.8 Å². The zero-order valence-corrected chi connectivity index (χ0v) is 24.1. The highest BCUT2D eigenvalue weighted by atomic mass is 127. The van der Waals surface area contributed by atoms with Gasteiger partial charge in [0.05, 0.1) is 11.5 Å². The van der Waals surface area contributed by atoms with Crippen molar-refractivity contribution in [3.63, 3.8) is 0 Å². The van der Waals surface area contributed by atoms with Gasteiger partial charge in [-0.3, -0.25) is 4.79 Å². The Morgan fingerprint density at radius 1 is 0.943 bits per heavy atom. The summed E-state index contributed by atoms with van der Waals surface area (Å²) in [5, 5.41) is 0. The van der Waals surface area contributed by atoms with Crippen LogP contribution in [0.5, 0.6) is 5.75 Å². The molecule has 188 valence electrons. The topological polar surface area (TPSA) is 110 Å². The van der Waals surface area contributed by atoms with Gasteiger partial charge in [-0.2, -0.15) is 8.78 Å². The third kappa shape index (κ3) is 6.27. The van der Waals surface area contributed by atoms with Crippen molar-refractivity contribution in [1.29, 1.82) is 0 Å². The molecule has 2 aromatic carbocycles. The van der Waals surface area contributed by atoms with E-state index in [4.69, 9.17) is 4.74 Å². The van der Waals surface area contributed by atoms with Gasteiger partial charge in [0.2, 0.25) is 17.4 Å². The van der Waals surface area contributed by atoms with E-state index in [-0.39, 0.29) is 12.8 Å². The Balaban J connectivity index is 1.74. The Kier molecular flexibility index (Phi) is 9.07. The smallest absolute Gasteiger partial charge is 0.339 e. The summed E-state index contributed by atoms with van der Waals surface area (Å²) in [4.78, 5) is 22.5. The minimum absolute atomic E-state index is 0.00451. The van der Waals surface area contributed by atoms with Gasteiger partial charge in [0.1, 0.15) is 21.1 Å². The van der Waals surface area contributed by atoms with Crippen LogP contribution < -0.4 is 4.74 Å². The highest BCUT2D eigenvalue weighted by Crippen LogP contribution is 2.34. The molecule has 2 atom stereocenters. The van der Waals surface area contributed by atoms with Crippen molar-refractivity contribution in [2.75, 3.05) is 0 Å². The molecule has 0 saturated heterocycles. The van der Waals surface area contributed by atoms with Gasteiger partial charge in [-0.15, -0.1) is 0 Å². The van der Waals surface area contributed by atoms with E-state index < -0.39 is 68.0 Å². The molecule has 3 rings (SSSR count). The Hall–Kier alpha value is -1.06. The summed E-state index contributed by atoms with van der Waals surface area (Å²) in [5.74, 6) is -14.5. The summed E-state index contributed by atoms with van der Waals surface area (Å²) in [7, 11) is -5.89. The standard InChI is InChI=1S/C20H11F4I3O7S/c21-12-14(23)18(35(30,31)32)15(24)13(22)17(12)34-19(28)7-1-3-9(4-2-7)33-20(29)10-5-8(25)6-11(26)16(10)27/h1,3,5-7,9H,2,4H2,(H,30,31,32)/p-1. The van der Waals surface area contributed by atoms with Gasteiger partial charge in [0, 0.05) is 10.7 Å². The average molecular weight is 851 g/mol. The first-order valence-corrected chi connectivity index (χ1v) is 13.9. The van der Waals surface area contributed by atoms with E-state index in [1.165, 1.54) is 12.2 Å². The molecule has 1 aliphatic carbocycles. The molecule has 0 aliphatic heterocycles.